The molecule has 0 bridgehead atoms. The van der Waals surface area contributed by atoms with Crippen LogP contribution in [0.5, 0.6) is 0 Å². The van der Waals surface area contributed by atoms with Crippen LogP contribution in [0.15, 0.2) is 0 Å². The Morgan fingerprint density at radius 3 is 2.88 bits per heavy atom. The molecule has 2 rings (SSSR count). The van der Waals surface area contributed by atoms with E-state index >= 15 is 0 Å². The summed E-state index contributed by atoms with van der Waals surface area (Å²) in [5, 5.41) is 4.30. The van der Waals surface area contributed by atoms with E-state index in [2.05, 4.69) is 33.8 Å². The van der Waals surface area contributed by atoms with Crippen molar-refractivity contribution >= 4 is 11.8 Å². The van der Waals surface area contributed by atoms with Crippen molar-refractivity contribution < 1.29 is 0 Å². The van der Waals surface area contributed by atoms with Crippen LogP contribution in [-0.2, 0) is 0 Å². The van der Waals surface area contributed by atoms with Crippen molar-refractivity contribution in [3.8, 4) is 0 Å². The summed E-state index contributed by atoms with van der Waals surface area (Å²) in [6.45, 7) is 12.4. The summed E-state index contributed by atoms with van der Waals surface area (Å²) in [4.78, 5) is 5.26. The highest BCUT2D eigenvalue weighted by Gasteiger charge is 2.17. The Morgan fingerprint density at radius 2 is 2.00 bits per heavy atom. The first-order chi connectivity index (χ1) is 7.84. The van der Waals surface area contributed by atoms with E-state index in [1.54, 1.807) is 0 Å². The van der Waals surface area contributed by atoms with Gasteiger partial charge in [-0.15, -0.1) is 0 Å². The molecule has 1 N–H and O–H groups in total. The fourth-order valence-corrected chi connectivity index (χ4v) is 3.58. The van der Waals surface area contributed by atoms with Crippen LogP contribution in [0.2, 0.25) is 0 Å². The van der Waals surface area contributed by atoms with Gasteiger partial charge in [-0.3, -0.25) is 0 Å². The first-order valence-electron chi connectivity index (χ1n) is 6.61. The summed E-state index contributed by atoms with van der Waals surface area (Å²) in [5.74, 6) is 1.32. The second-order valence-electron chi connectivity index (χ2n) is 4.93. The molecule has 16 heavy (non-hydrogen) atoms. The van der Waals surface area contributed by atoms with E-state index in [4.69, 9.17) is 0 Å². The van der Waals surface area contributed by atoms with Gasteiger partial charge in [-0.1, -0.05) is 6.92 Å². The maximum atomic E-state index is 3.46. The third kappa shape index (κ3) is 4.24. The number of hydrogen-bond donors (Lipinski definition) is 1. The number of thioether (sulfide) groups is 1. The van der Waals surface area contributed by atoms with Gasteiger partial charge in [0.15, 0.2) is 0 Å². The van der Waals surface area contributed by atoms with E-state index < -0.39 is 0 Å². The van der Waals surface area contributed by atoms with Gasteiger partial charge in [-0.2, -0.15) is 11.8 Å². The van der Waals surface area contributed by atoms with Crippen molar-refractivity contribution in [3.63, 3.8) is 0 Å². The Morgan fingerprint density at radius 1 is 1.12 bits per heavy atom. The minimum atomic E-state index is 0.833. The summed E-state index contributed by atoms with van der Waals surface area (Å²) >= 11 is 2.12. The molecule has 0 aromatic heterocycles. The third-order valence-corrected chi connectivity index (χ3v) is 4.63. The second-order valence-corrected chi connectivity index (χ2v) is 6.47. The van der Waals surface area contributed by atoms with E-state index in [0.29, 0.717) is 0 Å². The fraction of sp³-hybridized carbons (Fsp3) is 1.00. The molecule has 2 fully saturated rings. The molecule has 94 valence electrons. The Hall–Kier alpha value is 0.230. The SMILES string of the molecule is CC1CN(CCN2CCCNCC2)CCS1. The van der Waals surface area contributed by atoms with Crippen molar-refractivity contribution in [2.45, 2.75) is 18.6 Å². The lowest BCUT2D eigenvalue weighted by Gasteiger charge is -2.32. The highest BCUT2D eigenvalue weighted by Crippen LogP contribution is 2.17. The summed E-state index contributed by atoms with van der Waals surface area (Å²) < 4.78 is 0. The van der Waals surface area contributed by atoms with Crippen LogP contribution >= 0.6 is 11.8 Å². The molecular formula is C12H25N3S. The average Bonchev–Trinajstić information content (AvgIpc) is 2.55. The highest BCUT2D eigenvalue weighted by atomic mass is 32.2. The smallest absolute Gasteiger partial charge is 0.0147 e. The molecule has 2 heterocycles. The summed E-state index contributed by atoms with van der Waals surface area (Å²) in [5.41, 5.74) is 0. The molecule has 0 aliphatic carbocycles. The Labute approximate surface area is 104 Å². The van der Waals surface area contributed by atoms with E-state index in [0.717, 1.165) is 5.25 Å². The monoisotopic (exact) mass is 243 g/mol. The Bertz CT molecular complexity index is 191. The van der Waals surface area contributed by atoms with Gasteiger partial charge in [0.25, 0.3) is 0 Å². The molecule has 2 aliphatic rings. The zero-order valence-corrected chi connectivity index (χ0v) is 11.3. The lowest BCUT2D eigenvalue weighted by atomic mass is 10.3. The van der Waals surface area contributed by atoms with Crippen molar-refractivity contribution in [2.75, 3.05) is 58.1 Å². The van der Waals surface area contributed by atoms with Crippen molar-refractivity contribution in [3.05, 3.63) is 0 Å². The first-order valence-corrected chi connectivity index (χ1v) is 7.66. The van der Waals surface area contributed by atoms with E-state index in [1.165, 1.54) is 64.5 Å². The van der Waals surface area contributed by atoms with Gasteiger partial charge in [0.1, 0.15) is 0 Å². The standard InChI is InChI=1S/C12H25N3S/c1-12-11-15(9-10-16-12)8-7-14-5-2-3-13-4-6-14/h12-13H,2-11H2,1H3. The van der Waals surface area contributed by atoms with Crippen LogP contribution in [0, 0.1) is 0 Å². The molecule has 0 aromatic carbocycles. The average molecular weight is 243 g/mol. The molecule has 1 unspecified atom stereocenters. The number of hydrogen-bond acceptors (Lipinski definition) is 4. The summed E-state index contributed by atoms with van der Waals surface area (Å²) in [6.07, 6.45) is 1.31. The van der Waals surface area contributed by atoms with Gasteiger partial charge >= 0.3 is 0 Å². The van der Waals surface area contributed by atoms with Crippen LogP contribution in [0.25, 0.3) is 0 Å². The van der Waals surface area contributed by atoms with E-state index in [-0.39, 0.29) is 0 Å². The largest absolute Gasteiger partial charge is 0.315 e. The molecule has 2 saturated heterocycles. The van der Waals surface area contributed by atoms with Gasteiger partial charge < -0.3 is 15.1 Å². The highest BCUT2D eigenvalue weighted by molar-refractivity contribution is 7.99. The fourth-order valence-electron chi connectivity index (χ4n) is 2.50. The predicted molar refractivity (Wildman–Crippen MR) is 72.3 cm³/mol. The van der Waals surface area contributed by atoms with Gasteiger partial charge in [-0.05, 0) is 19.5 Å². The van der Waals surface area contributed by atoms with Gasteiger partial charge in [0.2, 0.25) is 0 Å². The number of nitrogens with zero attached hydrogens (tertiary/aromatic N) is 2. The predicted octanol–water partition coefficient (Wildman–Crippen LogP) is 0.719. The van der Waals surface area contributed by atoms with Crippen LogP contribution < -0.4 is 5.32 Å². The molecule has 2 aliphatic heterocycles. The molecule has 0 aromatic rings. The quantitative estimate of drug-likeness (QED) is 0.787. The Balaban J connectivity index is 1.65. The van der Waals surface area contributed by atoms with Crippen LogP contribution in [0.1, 0.15) is 13.3 Å². The topological polar surface area (TPSA) is 18.5 Å². The van der Waals surface area contributed by atoms with Crippen LogP contribution in [-0.4, -0.2) is 73.2 Å². The zero-order valence-electron chi connectivity index (χ0n) is 10.5. The minimum absolute atomic E-state index is 0.833. The second kappa shape index (κ2) is 6.84. The Kier molecular flexibility index (Phi) is 5.42. The minimum Gasteiger partial charge on any atom is -0.315 e. The molecule has 0 amide bonds. The lowest BCUT2D eigenvalue weighted by molar-refractivity contribution is 0.215. The summed E-state index contributed by atoms with van der Waals surface area (Å²) in [7, 11) is 0. The normalized spacial score (nSPS) is 30.2. The molecule has 0 saturated carbocycles. The maximum absolute atomic E-state index is 3.46. The van der Waals surface area contributed by atoms with Crippen molar-refractivity contribution in [2.24, 2.45) is 0 Å². The van der Waals surface area contributed by atoms with Crippen molar-refractivity contribution in [1.82, 2.24) is 15.1 Å². The third-order valence-electron chi connectivity index (χ3n) is 3.49. The first kappa shape index (κ1) is 12.7. The lowest BCUT2D eigenvalue weighted by Crippen LogP contribution is -2.42. The molecule has 0 spiro atoms. The van der Waals surface area contributed by atoms with Gasteiger partial charge in [0, 0.05) is 50.3 Å². The van der Waals surface area contributed by atoms with Crippen LogP contribution in [0.3, 0.4) is 0 Å². The molecule has 1 atom stereocenters. The zero-order chi connectivity index (χ0) is 11.2. The molecular weight excluding hydrogens is 218 g/mol. The number of rotatable bonds is 3. The van der Waals surface area contributed by atoms with Crippen LogP contribution in [0.4, 0.5) is 0 Å². The molecule has 0 radical (unpaired) electrons. The number of nitrogens with one attached hydrogen (secondary N) is 1. The van der Waals surface area contributed by atoms with Gasteiger partial charge in [0.05, 0.1) is 0 Å². The van der Waals surface area contributed by atoms with Gasteiger partial charge in [-0.25, -0.2) is 0 Å². The maximum Gasteiger partial charge on any atom is 0.0147 e. The molecule has 3 nitrogen and oxygen atoms in total. The summed E-state index contributed by atoms with van der Waals surface area (Å²) in [6, 6.07) is 0. The molecule has 4 heteroatoms. The van der Waals surface area contributed by atoms with E-state index in [1.807, 2.05) is 0 Å². The van der Waals surface area contributed by atoms with Crippen molar-refractivity contribution in [1.29, 1.82) is 0 Å². The van der Waals surface area contributed by atoms with E-state index in [9.17, 15) is 0 Å².